The van der Waals surface area contributed by atoms with Gasteiger partial charge in [-0.2, -0.15) is 0 Å². The zero-order valence-corrected chi connectivity index (χ0v) is 16.7. The minimum atomic E-state index is -0.296. The Bertz CT molecular complexity index is 1170. The van der Waals surface area contributed by atoms with Crippen molar-refractivity contribution in [2.75, 3.05) is 23.3 Å². The van der Waals surface area contributed by atoms with Crippen molar-refractivity contribution in [2.45, 2.75) is 12.8 Å². The van der Waals surface area contributed by atoms with E-state index in [9.17, 15) is 9.18 Å². The molecule has 8 nitrogen and oxygen atoms in total. The summed E-state index contributed by atoms with van der Waals surface area (Å²) in [7, 11) is 0. The molecule has 3 heterocycles. The van der Waals surface area contributed by atoms with Crippen LogP contribution in [0, 0.1) is 11.7 Å². The molecule has 1 N–H and O–H groups in total. The normalized spacial score (nSPS) is 14.9. The van der Waals surface area contributed by atoms with Gasteiger partial charge >= 0.3 is 0 Å². The molecule has 2 aromatic heterocycles. The van der Waals surface area contributed by atoms with E-state index >= 15 is 0 Å². The average molecular weight is 423 g/mol. The van der Waals surface area contributed by atoms with Gasteiger partial charge in [-0.25, -0.2) is 14.1 Å². The minimum absolute atomic E-state index is 0.0140. The largest absolute Gasteiger partial charge is 0.348 e. The van der Waals surface area contributed by atoms with Crippen LogP contribution in [0.25, 0.3) is 15.9 Å². The first-order valence-electron chi connectivity index (χ1n) is 9.62. The number of benzene rings is 2. The summed E-state index contributed by atoms with van der Waals surface area (Å²) in [6.07, 6.45) is 2.97. The molecule has 0 aliphatic carbocycles. The van der Waals surface area contributed by atoms with Crippen LogP contribution in [0.2, 0.25) is 0 Å². The highest BCUT2D eigenvalue weighted by Crippen LogP contribution is 2.32. The van der Waals surface area contributed by atoms with Gasteiger partial charge in [0.15, 0.2) is 5.13 Å². The lowest BCUT2D eigenvalue weighted by Crippen LogP contribution is -2.38. The number of hydrogen-bond donors (Lipinski definition) is 1. The second kappa shape index (κ2) is 7.79. The predicted octanol–water partition coefficient (Wildman–Crippen LogP) is 3.27. The molecule has 0 saturated carbocycles. The van der Waals surface area contributed by atoms with Crippen LogP contribution in [0.3, 0.4) is 0 Å². The molecular weight excluding hydrogens is 405 g/mol. The van der Waals surface area contributed by atoms with Crippen molar-refractivity contribution >= 4 is 38.3 Å². The Morgan fingerprint density at radius 2 is 1.93 bits per heavy atom. The number of nitrogens with one attached hydrogen (secondary N) is 1. The van der Waals surface area contributed by atoms with Crippen LogP contribution in [0.4, 0.5) is 15.2 Å². The van der Waals surface area contributed by atoms with Crippen molar-refractivity contribution in [3.8, 4) is 5.69 Å². The smallest absolute Gasteiger partial charge is 0.227 e. The first-order chi connectivity index (χ1) is 14.7. The fraction of sp³-hybridized carbons (Fsp3) is 0.250. The van der Waals surface area contributed by atoms with Gasteiger partial charge in [0.05, 0.1) is 10.4 Å². The SMILES string of the molecule is O=C(Nc1ccc(-n2cnnn2)cc1)C1CCN(c2nc3c(F)cccc3s2)CC1. The average Bonchev–Trinajstić information content (AvgIpc) is 3.45. The molecule has 30 heavy (non-hydrogen) atoms. The lowest BCUT2D eigenvalue weighted by molar-refractivity contribution is -0.120. The van der Waals surface area contributed by atoms with Crippen LogP contribution >= 0.6 is 11.3 Å². The van der Waals surface area contributed by atoms with E-state index in [-0.39, 0.29) is 17.6 Å². The van der Waals surface area contributed by atoms with E-state index in [1.165, 1.54) is 23.7 Å². The van der Waals surface area contributed by atoms with Gasteiger partial charge in [0.2, 0.25) is 5.91 Å². The number of tetrazole rings is 1. The van der Waals surface area contributed by atoms with Crippen LogP contribution in [-0.2, 0) is 4.79 Å². The van der Waals surface area contributed by atoms with Gasteiger partial charge in [-0.3, -0.25) is 4.79 Å². The molecular formula is C20H18FN7OS. The lowest BCUT2D eigenvalue weighted by Gasteiger charge is -2.31. The molecule has 0 bridgehead atoms. The summed E-state index contributed by atoms with van der Waals surface area (Å²) < 4.78 is 16.3. The summed E-state index contributed by atoms with van der Waals surface area (Å²) >= 11 is 1.49. The number of para-hydroxylation sites is 1. The highest BCUT2D eigenvalue weighted by molar-refractivity contribution is 7.22. The number of thiazole rings is 1. The molecule has 152 valence electrons. The van der Waals surface area contributed by atoms with E-state index in [4.69, 9.17) is 0 Å². The third-order valence-electron chi connectivity index (χ3n) is 5.24. The summed E-state index contributed by atoms with van der Waals surface area (Å²) in [6.45, 7) is 1.44. The maximum Gasteiger partial charge on any atom is 0.227 e. The number of aromatic nitrogens is 5. The van der Waals surface area contributed by atoms with Gasteiger partial charge in [-0.15, -0.1) is 5.10 Å². The second-order valence-corrected chi connectivity index (χ2v) is 8.14. The molecule has 10 heteroatoms. The van der Waals surface area contributed by atoms with Gasteiger partial charge in [-0.05, 0) is 59.7 Å². The van der Waals surface area contributed by atoms with E-state index in [0.717, 1.165) is 47.1 Å². The second-order valence-electron chi connectivity index (χ2n) is 7.13. The number of piperidine rings is 1. The van der Waals surface area contributed by atoms with E-state index in [1.54, 1.807) is 10.7 Å². The molecule has 0 unspecified atom stereocenters. The first-order valence-corrected chi connectivity index (χ1v) is 10.4. The molecule has 4 aromatic rings. The van der Waals surface area contributed by atoms with E-state index in [1.807, 2.05) is 30.3 Å². The Balaban J connectivity index is 1.20. The third-order valence-corrected chi connectivity index (χ3v) is 6.32. The topological polar surface area (TPSA) is 88.8 Å². The maximum absolute atomic E-state index is 13.9. The van der Waals surface area contributed by atoms with Crippen LogP contribution < -0.4 is 10.2 Å². The zero-order valence-electron chi connectivity index (χ0n) is 15.9. The van der Waals surface area contributed by atoms with Gasteiger partial charge in [0.1, 0.15) is 17.7 Å². The summed E-state index contributed by atoms with van der Waals surface area (Å²) in [4.78, 5) is 19.3. The Kier molecular flexibility index (Phi) is 4.83. The maximum atomic E-state index is 13.9. The quantitative estimate of drug-likeness (QED) is 0.542. The van der Waals surface area contributed by atoms with Crippen LogP contribution in [0.1, 0.15) is 12.8 Å². The van der Waals surface area contributed by atoms with Gasteiger partial charge < -0.3 is 10.2 Å². The minimum Gasteiger partial charge on any atom is -0.348 e. The molecule has 5 rings (SSSR count). The molecule has 2 aromatic carbocycles. The lowest BCUT2D eigenvalue weighted by atomic mass is 9.96. The number of amides is 1. The Labute approximate surface area is 175 Å². The fourth-order valence-corrected chi connectivity index (χ4v) is 4.62. The highest BCUT2D eigenvalue weighted by atomic mass is 32.1. The van der Waals surface area contributed by atoms with E-state index in [0.29, 0.717) is 5.52 Å². The van der Waals surface area contributed by atoms with Gasteiger partial charge in [0.25, 0.3) is 0 Å². The van der Waals surface area contributed by atoms with E-state index < -0.39 is 0 Å². The Hall–Kier alpha value is -3.40. The molecule has 0 radical (unpaired) electrons. The van der Waals surface area contributed by atoms with E-state index in [2.05, 4.69) is 30.7 Å². The van der Waals surface area contributed by atoms with Crippen LogP contribution in [0.15, 0.2) is 48.8 Å². The van der Waals surface area contributed by atoms with Crippen molar-refractivity contribution < 1.29 is 9.18 Å². The van der Waals surface area contributed by atoms with Crippen molar-refractivity contribution in [1.29, 1.82) is 0 Å². The molecule has 0 spiro atoms. The van der Waals surface area contributed by atoms with Crippen LogP contribution in [0.5, 0.6) is 0 Å². The highest BCUT2D eigenvalue weighted by Gasteiger charge is 2.26. The number of nitrogens with zero attached hydrogens (tertiary/aromatic N) is 6. The summed E-state index contributed by atoms with van der Waals surface area (Å²) in [5.41, 5.74) is 1.97. The fourth-order valence-electron chi connectivity index (χ4n) is 3.59. The molecule has 1 saturated heterocycles. The Morgan fingerprint density at radius 1 is 1.13 bits per heavy atom. The number of hydrogen-bond acceptors (Lipinski definition) is 7. The standard InChI is InChI=1S/C20H18FN7OS/c21-16-2-1-3-17-18(16)24-20(30-17)27-10-8-13(9-11-27)19(29)23-14-4-6-15(7-5-14)28-12-22-25-26-28/h1-7,12-13H,8-11H2,(H,23,29). The van der Waals surface area contributed by atoms with Crippen molar-refractivity contribution in [3.63, 3.8) is 0 Å². The van der Waals surface area contributed by atoms with Crippen molar-refractivity contribution in [2.24, 2.45) is 5.92 Å². The number of carbonyl (C=O) groups is 1. The molecule has 1 aliphatic rings. The molecule has 0 atom stereocenters. The third kappa shape index (κ3) is 3.61. The number of rotatable bonds is 4. The zero-order chi connectivity index (χ0) is 20.5. The number of carbonyl (C=O) groups excluding carboxylic acids is 1. The number of anilines is 2. The monoisotopic (exact) mass is 423 g/mol. The summed E-state index contributed by atoms with van der Waals surface area (Å²) in [5.74, 6) is -0.345. The number of halogens is 1. The molecule has 1 aliphatic heterocycles. The summed E-state index contributed by atoms with van der Waals surface area (Å²) in [5, 5.41) is 14.9. The molecule has 1 amide bonds. The van der Waals surface area contributed by atoms with Crippen LogP contribution in [-0.4, -0.2) is 44.2 Å². The van der Waals surface area contributed by atoms with Crippen molar-refractivity contribution in [1.82, 2.24) is 25.2 Å². The molecule has 1 fully saturated rings. The first kappa shape index (κ1) is 18.6. The Morgan fingerprint density at radius 3 is 2.63 bits per heavy atom. The van der Waals surface area contributed by atoms with Gasteiger partial charge in [-0.1, -0.05) is 17.4 Å². The predicted molar refractivity (Wildman–Crippen MR) is 112 cm³/mol. The number of fused-ring (bicyclic) bond motifs is 1. The summed E-state index contributed by atoms with van der Waals surface area (Å²) in [6, 6.07) is 12.4. The van der Waals surface area contributed by atoms with Crippen molar-refractivity contribution in [3.05, 3.63) is 54.6 Å². The van der Waals surface area contributed by atoms with Gasteiger partial charge in [0, 0.05) is 24.7 Å².